The molecule has 3 heterocycles. The fourth-order valence-corrected chi connectivity index (χ4v) is 3.95. The molecule has 2 aliphatic rings. The molecule has 0 saturated heterocycles. The zero-order valence-electron chi connectivity index (χ0n) is 13.4. The molecule has 5 heteroatoms. The lowest BCUT2D eigenvalue weighted by molar-refractivity contribution is -0.124. The number of hydrogen-bond donors (Lipinski definition) is 0. The fourth-order valence-electron chi connectivity index (χ4n) is 3.95. The number of carbonyl (C=O) groups is 1. The molecule has 4 rings (SSSR count). The summed E-state index contributed by atoms with van der Waals surface area (Å²) < 4.78 is 7.37. The van der Waals surface area contributed by atoms with Crippen LogP contribution in [0, 0.1) is 5.92 Å². The zero-order valence-corrected chi connectivity index (χ0v) is 13.4. The van der Waals surface area contributed by atoms with Gasteiger partial charge in [0.15, 0.2) is 0 Å². The van der Waals surface area contributed by atoms with Gasteiger partial charge in [-0.3, -0.25) is 4.79 Å². The van der Waals surface area contributed by atoms with Gasteiger partial charge in [0.25, 0.3) is 0 Å². The van der Waals surface area contributed by atoms with E-state index in [1.807, 2.05) is 24.8 Å². The van der Waals surface area contributed by atoms with Crippen LogP contribution in [0.1, 0.15) is 50.1 Å². The van der Waals surface area contributed by atoms with E-state index in [4.69, 9.17) is 4.74 Å². The highest BCUT2D eigenvalue weighted by atomic mass is 16.5. The largest absolute Gasteiger partial charge is 0.481 e. The number of ketones is 1. The quantitative estimate of drug-likeness (QED) is 0.868. The third-order valence-electron chi connectivity index (χ3n) is 5.21. The number of imidazole rings is 1. The highest BCUT2D eigenvalue weighted by Crippen LogP contribution is 2.42. The van der Waals surface area contributed by atoms with Crippen LogP contribution in [0.15, 0.2) is 24.8 Å². The topological polar surface area (TPSA) is 57.0 Å². The van der Waals surface area contributed by atoms with Crippen molar-refractivity contribution in [3.63, 3.8) is 0 Å². The first-order chi connectivity index (χ1) is 11.3. The number of ether oxygens (including phenoxy) is 1. The average molecular weight is 311 g/mol. The van der Waals surface area contributed by atoms with Gasteiger partial charge < -0.3 is 9.30 Å². The molecule has 1 aliphatic heterocycles. The second kappa shape index (κ2) is 5.80. The minimum atomic E-state index is 0.0221. The van der Waals surface area contributed by atoms with Crippen LogP contribution in [0.4, 0.5) is 0 Å². The maximum absolute atomic E-state index is 12.8. The van der Waals surface area contributed by atoms with Gasteiger partial charge in [-0.1, -0.05) is 19.3 Å². The van der Waals surface area contributed by atoms with Crippen LogP contribution in [-0.2, 0) is 4.79 Å². The molecule has 2 aromatic heterocycles. The van der Waals surface area contributed by atoms with Crippen molar-refractivity contribution in [3.8, 4) is 17.1 Å². The molecular weight excluding hydrogens is 290 g/mol. The maximum atomic E-state index is 12.8. The normalized spacial score (nSPS) is 20.1. The highest BCUT2D eigenvalue weighted by molar-refractivity contribution is 5.83. The van der Waals surface area contributed by atoms with Crippen molar-refractivity contribution in [2.45, 2.75) is 44.6 Å². The van der Waals surface area contributed by atoms with Gasteiger partial charge in [0.05, 0.1) is 31.4 Å². The molecule has 1 fully saturated rings. The summed E-state index contributed by atoms with van der Waals surface area (Å²) in [7, 11) is 1.62. The molecule has 1 atom stereocenters. The van der Waals surface area contributed by atoms with Crippen molar-refractivity contribution >= 4 is 5.78 Å². The van der Waals surface area contributed by atoms with Crippen LogP contribution in [0.25, 0.3) is 11.3 Å². The molecular formula is C18H21N3O2. The van der Waals surface area contributed by atoms with Crippen LogP contribution in [0.2, 0.25) is 0 Å². The van der Waals surface area contributed by atoms with Crippen LogP contribution in [0.5, 0.6) is 5.88 Å². The number of rotatable bonds is 4. The summed E-state index contributed by atoms with van der Waals surface area (Å²) in [5.41, 5.74) is 3.22. The Kier molecular flexibility index (Phi) is 3.63. The summed E-state index contributed by atoms with van der Waals surface area (Å²) in [6, 6.07) is 1.98. The van der Waals surface area contributed by atoms with Crippen molar-refractivity contribution in [3.05, 3.63) is 30.4 Å². The van der Waals surface area contributed by atoms with E-state index in [0.717, 1.165) is 29.7 Å². The number of hydrogen-bond acceptors (Lipinski definition) is 4. The van der Waals surface area contributed by atoms with E-state index in [0.29, 0.717) is 18.1 Å². The molecule has 120 valence electrons. The van der Waals surface area contributed by atoms with E-state index in [9.17, 15) is 4.79 Å². The fraction of sp³-hybridized carbons (Fsp3) is 0.500. The predicted molar refractivity (Wildman–Crippen MR) is 86.3 cm³/mol. The molecule has 0 radical (unpaired) electrons. The van der Waals surface area contributed by atoms with Crippen LogP contribution in [0.3, 0.4) is 0 Å². The van der Waals surface area contributed by atoms with Crippen molar-refractivity contribution in [2.24, 2.45) is 5.92 Å². The van der Waals surface area contributed by atoms with Gasteiger partial charge in [-0.05, 0) is 18.4 Å². The van der Waals surface area contributed by atoms with E-state index in [1.54, 1.807) is 7.11 Å². The number of methoxy groups -OCH3 is 1. The number of pyridine rings is 1. The summed E-state index contributed by atoms with van der Waals surface area (Å²) in [6.07, 6.45) is 11.8. The third-order valence-corrected chi connectivity index (χ3v) is 5.21. The van der Waals surface area contributed by atoms with Crippen molar-refractivity contribution < 1.29 is 9.53 Å². The minimum Gasteiger partial charge on any atom is -0.481 e. The molecule has 1 unspecified atom stereocenters. The SMILES string of the molecule is COc1cc2c(cn1)-c1cncn1C2CC(=O)C1CCCCC1. The second-order valence-corrected chi connectivity index (χ2v) is 6.52. The summed E-state index contributed by atoms with van der Waals surface area (Å²) in [5, 5.41) is 0. The van der Waals surface area contributed by atoms with E-state index < -0.39 is 0 Å². The Balaban J connectivity index is 1.64. The smallest absolute Gasteiger partial charge is 0.213 e. The van der Waals surface area contributed by atoms with E-state index >= 15 is 0 Å². The van der Waals surface area contributed by atoms with Crippen LogP contribution < -0.4 is 4.74 Å². The number of aromatic nitrogens is 3. The standard InChI is InChI=1S/C18H21N3O2/c1-23-18-7-13-14(9-20-18)16-10-19-11-21(16)15(13)8-17(22)12-5-3-2-4-6-12/h7,9-12,15H,2-6,8H2,1H3. The molecule has 1 saturated carbocycles. The molecule has 23 heavy (non-hydrogen) atoms. The zero-order chi connectivity index (χ0) is 15.8. The van der Waals surface area contributed by atoms with Crippen LogP contribution in [-0.4, -0.2) is 27.4 Å². The van der Waals surface area contributed by atoms with Crippen molar-refractivity contribution in [2.75, 3.05) is 7.11 Å². The molecule has 0 amide bonds. The predicted octanol–water partition coefficient (Wildman–Crippen LogP) is 3.40. The molecule has 2 aromatic rings. The molecule has 0 bridgehead atoms. The van der Waals surface area contributed by atoms with Gasteiger partial charge in [0.2, 0.25) is 5.88 Å². The van der Waals surface area contributed by atoms with Gasteiger partial charge >= 0.3 is 0 Å². The Labute approximate surface area is 135 Å². The van der Waals surface area contributed by atoms with Crippen molar-refractivity contribution in [1.29, 1.82) is 0 Å². The van der Waals surface area contributed by atoms with E-state index in [2.05, 4.69) is 14.5 Å². The number of fused-ring (bicyclic) bond motifs is 3. The van der Waals surface area contributed by atoms with Gasteiger partial charge in [0.1, 0.15) is 5.78 Å². The Morgan fingerprint density at radius 2 is 2.13 bits per heavy atom. The highest BCUT2D eigenvalue weighted by Gasteiger charge is 2.33. The molecule has 0 spiro atoms. The number of nitrogens with zero attached hydrogens (tertiary/aromatic N) is 3. The Bertz CT molecular complexity index is 732. The first-order valence-corrected chi connectivity index (χ1v) is 8.37. The third kappa shape index (κ3) is 2.44. The first kappa shape index (κ1) is 14.4. The monoisotopic (exact) mass is 311 g/mol. The number of carbonyl (C=O) groups excluding carboxylic acids is 1. The summed E-state index contributed by atoms with van der Waals surface area (Å²) in [6.45, 7) is 0. The van der Waals surface area contributed by atoms with Gasteiger partial charge in [-0.25, -0.2) is 9.97 Å². The van der Waals surface area contributed by atoms with Gasteiger partial charge in [0, 0.05) is 30.2 Å². The van der Waals surface area contributed by atoms with Gasteiger partial charge in [-0.2, -0.15) is 0 Å². The summed E-state index contributed by atoms with van der Waals surface area (Å²) >= 11 is 0. The molecule has 0 N–H and O–H groups in total. The Morgan fingerprint density at radius 1 is 1.30 bits per heavy atom. The summed E-state index contributed by atoms with van der Waals surface area (Å²) in [5.74, 6) is 1.22. The first-order valence-electron chi connectivity index (χ1n) is 8.37. The van der Waals surface area contributed by atoms with Crippen LogP contribution >= 0.6 is 0 Å². The van der Waals surface area contributed by atoms with Gasteiger partial charge in [-0.15, -0.1) is 0 Å². The lowest BCUT2D eigenvalue weighted by Crippen LogP contribution is -2.21. The van der Waals surface area contributed by atoms with E-state index in [-0.39, 0.29) is 12.0 Å². The van der Waals surface area contributed by atoms with Crippen molar-refractivity contribution in [1.82, 2.24) is 14.5 Å². The maximum Gasteiger partial charge on any atom is 0.213 e. The molecule has 5 nitrogen and oxygen atoms in total. The lowest BCUT2D eigenvalue weighted by Gasteiger charge is -2.22. The Hall–Kier alpha value is -2.17. The number of Topliss-reactive ketones (excluding diaryl/α,β-unsaturated/α-hetero) is 1. The minimum absolute atomic E-state index is 0.0221. The molecule has 1 aliphatic carbocycles. The Morgan fingerprint density at radius 3 is 2.91 bits per heavy atom. The second-order valence-electron chi connectivity index (χ2n) is 6.52. The van der Waals surface area contributed by atoms with E-state index in [1.165, 1.54) is 19.3 Å². The summed E-state index contributed by atoms with van der Waals surface area (Å²) in [4.78, 5) is 21.3. The molecule has 0 aromatic carbocycles. The average Bonchev–Trinajstić information content (AvgIpc) is 3.18. The lowest BCUT2D eigenvalue weighted by atomic mass is 9.83.